The number of benzene rings is 1. The van der Waals surface area contributed by atoms with Crippen LogP contribution in [0.25, 0.3) is 0 Å². The lowest BCUT2D eigenvalue weighted by atomic mass is 10.1. The summed E-state index contributed by atoms with van der Waals surface area (Å²) in [5, 5.41) is 6.09. The van der Waals surface area contributed by atoms with E-state index in [1.54, 1.807) is 13.0 Å². The molecule has 2 rings (SSSR count). The Bertz CT molecular complexity index is 699. The van der Waals surface area contributed by atoms with Crippen LogP contribution >= 0.6 is 0 Å². The highest BCUT2D eigenvalue weighted by atomic mass is 16.5. The molecule has 0 fully saturated rings. The standard InChI is InChI=1S/C19H26N4O2/c1-5-25-16-8-6-15(7-9-16)23-18-12-17(21-14(4)22-18)19(24)20-11-10-13(2)3/h6-9,12-13H,5,10-11H2,1-4H3,(H,20,24)(H,21,22,23). The average Bonchev–Trinajstić information content (AvgIpc) is 2.56. The topological polar surface area (TPSA) is 76.1 Å². The van der Waals surface area contributed by atoms with E-state index in [0.29, 0.717) is 36.4 Å². The number of hydrogen-bond donors (Lipinski definition) is 2. The molecular weight excluding hydrogens is 316 g/mol. The molecule has 1 heterocycles. The summed E-state index contributed by atoms with van der Waals surface area (Å²) < 4.78 is 5.43. The second-order valence-corrected chi connectivity index (χ2v) is 6.21. The highest BCUT2D eigenvalue weighted by molar-refractivity contribution is 5.93. The van der Waals surface area contributed by atoms with E-state index in [1.165, 1.54) is 0 Å². The van der Waals surface area contributed by atoms with Gasteiger partial charge in [0.2, 0.25) is 0 Å². The summed E-state index contributed by atoms with van der Waals surface area (Å²) in [5.41, 5.74) is 1.23. The van der Waals surface area contributed by atoms with Gasteiger partial charge in [-0.2, -0.15) is 0 Å². The number of nitrogens with zero attached hydrogens (tertiary/aromatic N) is 2. The van der Waals surface area contributed by atoms with Crippen molar-refractivity contribution in [2.45, 2.75) is 34.1 Å². The number of aromatic nitrogens is 2. The van der Waals surface area contributed by atoms with E-state index < -0.39 is 0 Å². The minimum absolute atomic E-state index is 0.180. The molecule has 0 aliphatic heterocycles. The zero-order chi connectivity index (χ0) is 18.2. The van der Waals surface area contributed by atoms with E-state index in [2.05, 4.69) is 34.4 Å². The van der Waals surface area contributed by atoms with Gasteiger partial charge in [-0.25, -0.2) is 9.97 Å². The van der Waals surface area contributed by atoms with Crippen LogP contribution in [0.2, 0.25) is 0 Å². The summed E-state index contributed by atoms with van der Waals surface area (Å²) in [6.07, 6.45) is 0.938. The molecule has 1 aromatic carbocycles. The normalized spacial score (nSPS) is 10.6. The Balaban J connectivity index is 2.06. The molecule has 0 aliphatic rings. The largest absolute Gasteiger partial charge is 0.494 e. The third-order valence-electron chi connectivity index (χ3n) is 3.52. The molecular formula is C19H26N4O2. The van der Waals surface area contributed by atoms with Crippen molar-refractivity contribution in [2.24, 2.45) is 5.92 Å². The lowest BCUT2D eigenvalue weighted by Gasteiger charge is -2.10. The summed E-state index contributed by atoms with van der Waals surface area (Å²) in [5.74, 6) is 2.32. The molecule has 0 unspecified atom stereocenters. The zero-order valence-corrected chi connectivity index (χ0v) is 15.3. The zero-order valence-electron chi connectivity index (χ0n) is 15.3. The van der Waals surface area contributed by atoms with Crippen molar-refractivity contribution in [2.75, 3.05) is 18.5 Å². The fourth-order valence-corrected chi connectivity index (χ4v) is 2.26. The number of rotatable bonds is 8. The van der Waals surface area contributed by atoms with Crippen molar-refractivity contribution in [1.29, 1.82) is 0 Å². The van der Waals surface area contributed by atoms with Gasteiger partial charge in [0.05, 0.1) is 6.61 Å². The number of amides is 1. The van der Waals surface area contributed by atoms with Crippen LogP contribution in [0, 0.1) is 12.8 Å². The molecule has 2 aromatic rings. The van der Waals surface area contributed by atoms with E-state index in [9.17, 15) is 4.79 Å². The van der Waals surface area contributed by atoms with Crippen LogP contribution in [0.4, 0.5) is 11.5 Å². The number of ether oxygens (including phenoxy) is 1. The van der Waals surface area contributed by atoms with E-state index in [0.717, 1.165) is 17.9 Å². The predicted octanol–water partition coefficient (Wildman–Crippen LogP) is 3.70. The van der Waals surface area contributed by atoms with Crippen molar-refractivity contribution in [3.8, 4) is 5.75 Å². The highest BCUT2D eigenvalue weighted by Crippen LogP contribution is 2.19. The van der Waals surface area contributed by atoms with Crippen molar-refractivity contribution in [3.05, 3.63) is 41.9 Å². The molecule has 6 nitrogen and oxygen atoms in total. The quantitative estimate of drug-likeness (QED) is 0.765. The fourth-order valence-electron chi connectivity index (χ4n) is 2.26. The van der Waals surface area contributed by atoms with Crippen LogP contribution in [-0.2, 0) is 0 Å². The average molecular weight is 342 g/mol. The van der Waals surface area contributed by atoms with Gasteiger partial charge in [-0.15, -0.1) is 0 Å². The molecule has 0 aliphatic carbocycles. The van der Waals surface area contributed by atoms with Crippen LogP contribution in [0.3, 0.4) is 0 Å². The monoisotopic (exact) mass is 342 g/mol. The van der Waals surface area contributed by atoms with Crippen molar-refractivity contribution in [3.63, 3.8) is 0 Å². The van der Waals surface area contributed by atoms with Gasteiger partial charge in [0.15, 0.2) is 0 Å². The van der Waals surface area contributed by atoms with Crippen LogP contribution in [0.15, 0.2) is 30.3 Å². The fraction of sp³-hybridized carbons (Fsp3) is 0.421. The first-order chi connectivity index (χ1) is 12.0. The predicted molar refractivity (Wildman–Crippen MR) is 99.5 cm³/mol. The Morgan fingerprint density at radius 1 is 1.20 bits per heavy atom. The SMILES string of the molecule is CCOc1ccc(Nc2cc(C(=O)NCCC(C)C)nc(C)n2)cc1. The molecule has 1 aromatic heterocycles. The van der Waals surface area contributed by atoms with Gasteiger partial charge in [0.25, 0.3) is 5.91 Å². The third kappa shape index (κ3) is 6.06. The maximum atomic E-state index is 12.3. The highest BCUT2D eigenvalue weighted by Gasteiger charge is 2.10. The smallest absolute Gasteiger partial charge is 0.270 e. The minimum atomic E-state index is -0.180. The molecule has 0 saturated carbocycles. The Morgan fingerprint density at radius 2 is 1.92 bits per heavy atom. The maximum absolute atomic E-state index is 12.3. The summed E-state index contributed by atoms with van der Waals surface area (Å²) in [7, 11) is 0. The van der Waals surface area contributed by atoms with Crippen LogP contribution in [0.1, 0.15) is 43.5 Å². The van der Waals surface area contributed by atoms with E-state index in [1.807, 2.05) is 31.2 Å². The number of hydrogen-bond acceptors (Lipinski definition) is 5. The number of carbonyl (C=O) groups is 1. The van der Waals surface area contributed by atoms with Gasteiger partial charge in [0, 0.05) is 18.3 Å². The van der Waals surface area contributed by atoms with E-state index in [-0.39, 0.29) is 5.91 Å². The first kappa shape index (κ1) is 18.7. The number of aryl methyl sites for hydroxylation is 1. The maximum Gasteiger partial charge on any atom is 0.270 e. The molecule has 1 amide bonds. The first-order valence-corrected chi connectivity index (χ1v) is 8.61. The Hall–Kier alpha value is -2.63. The molecule has 0 saturated heterocycles. The molecule has 25 heavy (non-hydrogen) atoms. The Kier molecular flexibility index (Phi) is 6.74. The lowest BCUT2D eigenvalue weighted by Crippen LogP contribution is -2.26. The van der Waals surface area contributed by atoms with Gasteiger partial charge in [0.1, 0.15) is 23.1 Å². The Morgan fingerprint density at radius 3 is 2.56 bits per heavy atom. The van der Waals surface area contributed by atoms with E-state index >= 15 is 0 Å². The molecule has 134 valence electrons. The molecule has 6 heteroatoms. The second kappa shape index (κ2) is 9.01. The lowest BCUT2D eigenvalue weighted by molar-refractivity contribution is 0.0946. The van der Waals surface area contributed by atoms with Crippen LogP contribution < -0.4 is 15.4 Å². The number of carbonyl (C=O) groups excluding carboxylic acids is 1. The summed E-state index contributed by atoms with van der Waals surface area (Å²) in [6.45, 7) is 9.24. The van der Waals surface area contributed by atoms with Gasteiger partial charge in [-0.3, -0.25) is 4.79 Å². The third-order valence-corrected chi connectivity index (χ3v) is 3.52. The van der Waals surface area contributed by atoms with Crippen molar-refractivity contribution in [1.82, 2.24) is 15.3 Å². The van der Waals surface area contributed by atoms with E-state index in [4.69, 9.17) is 4.74 Å². The second-order valence-electron chi connectivity index (χ2n) is 6.21. The van der Waals surface area contributed by atoms with Crippen molar-refractivity contribution >= 4 is 17.4 Å². The summed E-state index contributed by atoms with van der Waals surface area (Å²) in [6, 6.07) is 9.25. The van der Waals surface area contributed by atoms with Gasteiger partial charge < -0.3 is 15.4 Å². The molecule has 2 N–H and O–H groups in total. The summed E-state index contributed by atoms with van der Waals surface area (Å²) in [4.78, 5) is 20.8. The van der Waals surface area contributed by atoms with Crippen molar-refractivity contribution < 1.29 is 9.53 Å². The minimum Gasteiger partial charge on any atom is -0.494 e. The molecule has 0 atom stereocenters. The number of anilines is 2. The van der Waals surface area contributed by atoms with Gasteiger partial charge in [-0.05, 0) is 50.5 Å². The molecule has 0 bridgehead atoms. The summed E-state index contributed by atoms with van der Waals surface area (Å²) >= 11 is 0. The first-order valence-electron chi connectivity index (χ1n) is 8.61. The Labute approximate surface area is 149 Å². The van der Waals surface area contributed by atoms with Gasteiger partial charge >= 0.3 is 0 Å². The van der Waals surface area contributed by atoms with Gasteiger partial charge in [-0.1, -0.05) is 13.8 Å². The molecule has 0 radical (unpaired) electrons. The molecule has 0 spiro atoms. The number of nitrogens with one attached hydrogen (secondary N) is 2. The van der Waals surface area contributed by atoms with Crippen LogP contribution in [0.5, 0.6) is 5.75 Å². The van der Waals surface area contributed by atoms with Crippen LogP contribution in [-0.4, -0.2) is 29.0 Å².